The van der Waals surface area contributed by atoms with E-state index >= 15 is 0 Å². The van der Waals surface area contributed by atoms with E-state index in [0.29, 0.717) is 0 Å². The molecule has 19 heavy (non-hydrogen) atoms. The van der Waals surface area contributed by atoms with Gasteiger partial charge in [-0.05, 0) is 25.7 Å². The first kappa shape index (κ1) is 17.8. The third-order valence-corrected chi connectivity index (χ3v) is 5.00. The molecular weight excluding hydrogens is 307 g/mol. The molecule has 0 bridgehead atoms. The number of hydrogen-bond donors (Lipinski definition) is 0. The third-order valence-electron chi connectivity index (χ3n) is 5.00. The van der Waals surface area contributed by atoms with Crippen molar-refractivity contribution in [2.24, 2.45) is 0 Å². The number of hydrogen-bond acceptors (Lipinski definition) is 2. The first-order valence-electron chi connectivity index (χ1n) is 7.80. The van der Waals surface area contributed by atoms with E-state index in [4.69, 9.17) is 0 Å². The van der Waals surface area contributed by atoms with Gasteiger partial charge in [-0.25, -0.2) is 0 Å². The van der Waals surface area contributed by atoms with Crippen LogP contribution in [-0.2, 0) is 17.1 Å². The van der Waals surface area contributed by atoms with Gasteiger partial charge in [0.15, 0.2) is 0 Å². The summed E-state index contributed by atoms with van der Waals surface area (Å²) in [4.78, 5) is 5.32. The molecule has 115 valence electrons. The van der Waals surface area contributed by atoms with Crippen LogP contribution in [0, 0.1) is 6.67 Å². The molecule has 4 heteroatoms. The van der Waals surface area contributed by atoms with Crippen LogP contribution < -0.4 is 12.4 Å². The molecule has 3 aliphatic rings. The molecule has 1 radical (unpaired) electrons. The van der Waals surface area contributed by atoms with Crippen LogP contribution >= 0.6 is 0 Å². The Hall–Kier alpha value is 0.729. The average Bonchev–Trinajstić information content (AvgIpc) is 2.90. The summed E-state index contributed by atoms with van der Waals surface area (Å²) < 4.78 is 0. The van der Waals surface area contributed by atoms with Crippen LogP contribution in [0.15, 0.2) is 0 Å². The van der Waals surface area contributed by atoms with Crippen molar-refractivity contribution in [3.05, 3.63) is 6.67 Å². The van der Waals surface area contributed by atoms with Crippen LogP contribution in [0.4, 0.5) is 0 Å². The van der Waals surface area contributed by atoms with Crippen LogP contribution in [0.25, 0.3) is 0 Å². The van der Waals surface area contributed by atoms with Gasteiger partial charge in [0, 0.05) is 25.2 Å². The minimum absolute atomic E-state index is 0. The molecule has 0 aromatic heterocycles. The molecule has 2 saturated carbocycles. The molecule has 1 saturated heterocycles. The standard InChI is InChI=1S/C15H27N2.ClH.Cu/c1-3-7-14(8-4-1)16-11-12-17(13-16)15-9-5-2-6-10-15;;/h13-15H,1-12H2;1H;/q;;+1/p-1. The number of rotatable bonds is 2. The van der Waals surface area contributed by atoms with Crippen LogP contribution in [0.2, 0.25) is 0 Å². The minimum atomic E-state index is 0. The maximum Gasteiger partial charge on any atom is 1.00 e. The van der Waals surface area contributed by atoms with Crippen LogP contribution in [0.1, 0.15) is 64.2 Å². The fourth-order valence-corrected chi connectivity index (χ4v) is 3.92. The predicted molar refractivity (Wildman–Crippen MR) is 71.5 cm³/mol. The average molecular weight is 334 g/mol. The Morgan fingerprint density at radius 1 is 0.632 bits per heavy atom. The molecule has 0 amide bonds. The first-order valence-corrected chi connectivity index (χ1v) is 7.80. The molecule has 3 rings (SSSR count). The van der Waals surface area contributed by atoms with E-state index in [1.54, 1.807) is 0 Å². The zero-order valence-electron chi connectivity index (χ0n) is 11.8. The van der Waals surface area contributed by atoms with Crippen molar-refractivity contribution >= 4 is 0 Å². The molecule has 0 atom stereocenters. The molecule has 0 unspecified atom stereocenters. The molecule has 2 nitrogen and oxygen atoms in total. The predicted octanol–water partition coefficient (Wildman–Crippen LogP) is 0.390. The molecule has 3 fully saturated rings. The van der Waals surface area contributed by atoms with E-state index < -0.39 is 0 Å². The van der Waals surface area contributed by atoms with Crippen molar-refractivity contribution in [1.29, 1.82) is 0 Å². The Morgan fingerprint density at radius 2 is 1.00 bits per heavy atom. The third kappa shape index (κ3) is 4.61. The second-order valence-corrected chi connectivity index (χ2v) is 6.17. The van der Waals surface area contributed by atoms with E-state index in [9.17, 15) is 0 Å². The van der Waals surface area contributed by atoms with Gasteiger partial charge in [0.25, 0.3) is 0 Å². The van der Waals surface area contributed by atoms with E-state index in [0.717, 1.165) is 12.1 Å². The van der Waals surface area contributed by atoms with Crippen LogP contribution in [-0.4, -0.2) is 35.0 Å². The molecule has 2 aliphatic carbocycles. The number of nitrogens with zero attached hydrogens (tertiary/aromatic N) is 2. The molecule has 0 aromatic rings. The zero-order chi connectivity index (χ0) is 11.5. The largest absolute Gasteiger partial charge is 1.00 e. The van der Waals surface area contributed by atoms with Crippen molar-refractivity contribution in [3.63, 3.8) is 0 Å². The summed E-state index contributed by atoms with van der Waals surface area (Å²) in [6.07, 6.45) is 14.5. The van der Waals surface area contributed by atoms with E-state index in [1.807, 2.05) is 0 Å². The van der Waals surface area contributed by atoms with Gasteiger partial charge in [-0.15, -0.1) is 0 Å². The summed E-state index contributed by atoms with van der Waals surface area (Å²) in [6, 6.07) is 1.75. The number of halogens is 1. The Balaban J connectivity index is 0.000000902. The summed E-state index contributed by atoms with van der Waals surface area (Å²) >= 11 is 0. The summed E-state index contributed by atoms with van der Waals surface area (Å²) in [5.74, 6) is 0. The maximum atomic E-state index is 2.66. The van der Waals surface area contributed by atoms with Gasteiger partial charge in [0.2, 0.25) is 0 Å². The minimum Gasteiger partial charge on any atom is -1.00 e. The van der Waals surface area contributed by atoms with Gasteiger partial charge in [-0.3, -0.25) is 9.80 Å². The molecule has 0 N–H and O–H groups in total. The van der Waals surface area contributed by atoms with Crippen molar-refractivity contribution in [1.82, 2.24) is 9.80 Å². The van der Waals surface area contributed by atoms with Gasteiger partial charge < -0.3 is 12.4 Å². The Morgan fingerprint density at radius 3 is 1.37 bits per heavy atom. The quantitative estimate of drug-likeness (QED) is 0.674. The fraction of sp³-hybridized carbons (Fsp3) is 0.933. The summed E-state index contributed by atoms with van der Waals surface area (Å²) in [6.45, 7) is 5.08. The zero-order valence-corrected chi connectivity index (χ0v) is 13.5. The van der Waals surface area contributed by atoms with Gasteiger partial charge in [0.05, 0.1) is 6.67 Å². The van der Waals surface area contributed by atoms with Crippen LogP contribution in [0.3, 0.4) is 0 Å². The Labute approximate surface area is 135 Å². The summed E-state index contributed by atoms with van der Waals surface area (Å²) in [5, 5.41) is 0. The van der Waals surface area contributed by atoms with Gasteiger partial charge >= 0.3 is 17.1 Å². The van der Waals surface area contributed by atoms with Gasteiger partial charge in [0.1, 0.15) is 0 Å². The normalized spacial score (nSPS) is 27.8. The SMILES string of the molecule is [CH]1N(C2CCCCC2)CCN1C1CCCCC1.[Cl-].[Cu+]. The Kier molecular flexibility index (Phi) is 8.32. The monoisotopic (exact) mass is 333 g/mol. The second-order valence-electron chi connectivity index (χ2n) is 6.17. The summed E-state index contributed by atoms with van der Waals surface area (Å²) in [5.41, 5.74) is 0. The molecule has 1 heterocycles. The molecular formula is C15H27ClCuN2. The van der Waals surface area contributed by atoms with Crippen molar-refractivity contribution in [2.45, 2.75) is 76.3 Å². The van der Waals surface area contributed by atoms with Gasteiger partial charge in [-0.2, -0.15) is 0 Å². The molecule has 0 aromatic carbocycles. The fourth-order valence-electron chi connectivity index (χ4n) is 3.92. The van der Waals surface area contributed by atoms with Crippen molar-refractivity contribution < 1.29 is 29.5 Å². The smallest absolute Gasteiger partial charge is 1.00 e. The molecule has 1 aliphatic heterocycles. The maximum absolute atomic E-state index is 2.66. The van der Waals surface area contributed by atoms with Crippen molar-refractivity contribution in [3.8, 4) is 0 Å². The van der Waals surface area contributed by atoms with Crippen molar-refractivity contribution in [2.75, 3.05) is 13.1 Å². The Bertz CT molecular complexity index is 216. The molecule has 0 spiro atoms. The van der Waals surface area contributed by atoms with Gasteiger partial charge in [-0.1, -0.05) is 38.5 Å². The second kappa shape index (κ2) is 8.89. The topological polar surface area (TPSA) is 6.48 Å². The summed E-state index contributed by atoms with van der Waals surface area (Å²) in [7, 11) is 0. The van der Waals surface area contributed by atoms with E-state index in [1.165, 1.54) is 77.3 Å². The van der Waals surface area contributed by atoms with Crippen LogP contribution in [0.5, 0.6) is 0 Å². The van der Waals surface area contributed by atoms with E-state index in [-0.39, 0.29) is 29.5 Å². The first-order chi connectivity index (χ1) is 8.43. The van der Waals surface area contributed by atoms with E-state index in [2.05, 4.69) is 16.5 Å².